The zero-order chi connectivity index (χ0) is 16.8. The van der Waals surface area contributed by atoms with Crippen molar-refractivity contribution in [3.05, 3.63) is 64.2 Å². The third-order valence-corrected chi connectivity index (χ3v) is 4.35. The monoisotopic (exact) mass is 309 g/mol. The van der Waals surface area contributed by atoms with Gasteiger partial charge in [-0.1, -0.05) is 35.4 Å². The van der Waals surface area contributed by atoms with Gasteiger partial charge in [0.1, 0.15) is 0 Å². The van der Waals surface area contributed by atoms with Crippen molar-refractivity contribution >= 4 is 17.4 Å². The van der Waals surface area contributed by atoms with Crippen LogP contribution in [0.2, 0.25) is 0 Å². The van der Waals surface area contributed by atoms with Crippen LogP contribution in [-0.2, 0) is 10.4 Å². The molecule has 1 aliphatic heterocycles. The number of rotatable bonds is 3. The van der Waals surface area contributed by atoms with Gasteiger partial charge in [-0.15, -0.1) is 0 Å². The molecule has 0 radical (unpaired) electrons. The molecule has 4 nitrogen and oxygen atoms in total. The standard InChI is InChI=1S/C19H19NO3/c1-11-4-6-13(3)14(8-11)17(21)10-19(23)15-9-12(2)5-7-16(15)20-18(19)22/h4-9,23H,10H2,1-3H3,(H,20,22)/t19-/m0/s1. The zero-order valence-corrected chi connectivity index (χ0v) is 13.4. The Labute approximate surface area is 135 Å². The van der Waals surface area contributed by atoms with Crippen molar-refractivity contribution in [3.8, 4) is 0 Å². The van der Waals surface area contributed by atoms with Crippen LogP contribution in [-0.4, -0.2) is 16.8 Å². The molecule has 1 amide bonds. The number of aryl methyl sites for hydroxylation is 3. The van der Waals surface area contributed by atoms with Gasteiger partial charge in [0.2, 0.25) is 0 Å². The molecule has 1 atom stereocenters. The second kappa shape index (κ2) is 5.32. The number of anilines is 1. The van der Waals surface area contributed by atoms with Crippen LogP contribution in [0.1, 0.15) is 39.0 Å². The van der Waals surface area contributed by atoms with E-state index in [2.05, 4.69) is 5.32 Å². The fourth-order valence-electron chi connectivity index (χ4n) is 3.00. The zero-order valence-electron chi connectivity index (χ0n) is 13.4. The molecule has 0 aromatic heterocycles. The molecule has 0 spiro atoms. The predicted octanol–water partition coefficient (Wildman–Crippen LogP) is 3.02. The number of carbonyl (C=O) groups is 2. The van der Waals surface area contributed by atoms with Gasteiger partial charge in [-0.2, -0.15) is 0 Å². The summed E-state index contributed by atoms with van der Waals surface area (Å²) in [6, 6.07) is 11.0. The van der Waals surface area contributed by atoms with Gasteiger partial charge in [-0.05, 0) is 38.5 Å². The quantitative estimate of drug-likeness (QED) is 0.857. The van der Waals surface area contributed by atoms with E-state index < -0.39 is 11.5 Å². The number of nitrogens with one attached hydrogen (secondary N) is 1. The van der Waals surface area contributed by atoms with Gasteiger partial charge >= 0.3 is 0 Å². The lowest BCUT2D eigenvalue weighted by atomic mass is 9.86. The largest absolute Gasteiger partial charge is 0.375 e. The Morgan fingerprint density at radius 2 is 1.74 bits per heavy atom. The number of hydrogen-bond acceptors (Lipinski definition) is 3. The lowest BCUT2D eigenvalue weighted by Crippen LogP contribution is -2.36. The maximum absolute atomic E-state index is 12.7. The van der Waals surface area contributed by atoms with E-state index in [4.69, 9.17) is 0 Å². The highest BCUT2D eigenvalue weighted by Gasteiger charge is 2.46. The molecule has 0 saturated heterocycles. The number of amides is 1. The molecule has 1 aliphatic rings. The van der Waals surface area contributed by atoms with Crippen molar-refractivity contribution in [1.29, 1.82) is 0 Å². The minimum Gasteiger partial charge on any atom is -0.375 e. The number of aliphatic hydroxyl groups is 1. The number of carbonyl (C=O) groups excluding carboxylic acids is 2. The second-order valence-corrected chi connectivity index (χ2v) is 6.28. The van der Waals surface area contributed by atoms with Crippen molar-refractivity contribution in [2.45, 2.75) is 32.8 Å². The Balaban J connectivity index is 1.99. The summed E-state index contributed by atoms with van der Waals surface area (Å²) in [6.07, 6.45) is -0.264. The van der Waals surface area contributed by atoms with Crippen molar-refractivity contribution < 1.29 is 14.7 Å². The van der Waals surface area contributed by atoms with Gasteiger partial charge in [-0.25, -0.2) is 0 Å². The maximum Gasteiger partial charge on any atom is 0.261 e. The van der Waals surface area contributed by atoms with Gasteiger partial charge in [0.05, 0.1) is 6.42 Å². The Morgan fingerprint density at radius 1 is 1.09 bits per heavy atom. The summed E-state index contributed by atoms with van der Waals surface area (Å²) in [5.74, 6) is -0.782. The van der Waals surface area contributed by atoms with Crippen molar-refractivity contribution in [1.82, 2.24) is 0 Å². The Morgan fingerprint density at radius 3 is 2.48 bits per heavy atom. The summed E-state index contributed by atoms with van der Waals surface area (Å²) in [5.41, 5.74) is 2.52. The lowest BCUT2D eigenvalue weighted by molar-refractivity contribution is -0.133. The average molecular weight is 309 g/mol. The lowest BCUT2D eigenvalue weighted by Gasteiger charge is -2.21. The minimum atomic E-state index is -1.81. The fourth-order valence-corrected chi connectivity index (χ4v) is 3.00. The average Bonchev–Trinajstić information content (AvgIpc) is 2.73. The summed E-state index contributed by atoms with van der Waals surface area (Å²) < 4.78 is 0. The van der Waals surface area contributed by atoms with Crippen LogP contribution in [0.4, 0.5) is 5.69 Å². The fraction of sp³-hybridized carbons (Fsp3) is 0.263. The topological polar surface area (TPSA) is 66.4 Å². The van der Waals surface area contributed by atoms with Gasteiger partial charge < -0.3 is 10.4 Å². The normalized spacial score (nSPS) is 19.4. The van der Waals surface area contributed by atoms with Crippen LogP contribution in [0.5, 0.6) is 0 Å². The highest BCUT2D eigenvalue weighted by Crippen LogP contribution is 2.39. The number of hydrogen-bond donors (Lipinski definition) is 2. The van der Waals surface area contributed by atoms with Gasteiger partial charge in [0, 0.05) is 16.8 Å². The van der Waals surface area contributed by atoms with Crippen molar-refractivity contribution in [3.63, 3.8) is 0 Å². The van der Waals surface area contributed by atoms with Crippen molar-refractivity contribution in [2.75, 3.05) is 5.32 Å². The molecular weight excluding hydrogens is 290 g/mol. The summed E-state index contributed by atoms with van der Waals surface area (Å²) in [7, 11) is 0. The molecule has 23 heavy (non-hydrogen) atoms. The first-order chi connectivity index (χ1) is 10.8. The van der Waals surface area contributed by atoms with E-state index in [0.717, 1.165) is 16.7 Å². The Bertz CT molecular complexity index is 825. The highest BCUT2D eigenvalue weighted by molar-refractivity contribution is 6.09. The van der Waals surface area contributed by atoms with E-state index >= 15 is 0 Å². The first-order valence-corrected chi connectivity index (χ1v) is 7.57. The number of fused-ring (bicyclic) bond motifs is 1. The Hall–Kier alpha value is -2.46. The van der Waals surface area contributed by atoms with Gasteiger partial charge in [0.25, 0.3) is 5.91 Å². The summed E-state index contributed by atoms with van der Waals surface area (Å²) in [6.45, 7) is 5.64. The van der Waals surface area contributed by atoms with Crippen LogP contribution in [0.25, 0.3) is 0 Å². The van der Waals surface area contributed by atoms with Crippen LogP contribution in [0.15, 0.2) is 36.4 Å². The number of benzene rings is 2. The van der Waals surface area contributed by atoms with Gasteiger partial charge in [-0.3, -0.25) is 9.59 Å². The second-order valence-electron chi connectivity index (χ2n) is 6.28. The molecule has 2 aromatic rings. The third kappa shape index (κ3) is 2.55. The molecule has 2 N–H and O–H groups in total. The molecule has 3 rings (SSSR count). The molecular formula is C19H19NO3. The van der Waals surface area contributed by atoms with Crippen LogP contribution in [0.3, 0.4) is 0 Å². The molecule has 2 aromatic carbocycles. The molecule has 0 bridgehead atoms. The SMILES string of the molecule is Cc1ccc(C)c(C(=O)C[C@@]2(O)C(=O)Nc3ccc(C)cc32)c1. The van der Waals surface area contributed by atoms with Gasteiger partial charge in [0.15, 0.2) is 11.4 Å². The predicted molar refractivity (Wildman–Crippen MR) is 88.6 cm³/mol. The first-order valence-electron chi connectivity index (χ1n) is 7.57. The smallest absolute Gasteiger partial charge is 0.261 e. The van der Waals surface area contributed by atoms with Crippen LogP contribution in [0, 0.1) is 20.8 Å². The maximum atomic E-state index is 12.7. The molecule has 0 aliphatic carbocycles. The third-order valence-electron chi connectivity index (χ3n) is 4.35. The van der Waals surface area contributed by atoms with Crippen LogP contribution < -0.4 is 5.32 Å². The number of Topliss-reactive ketones (excluding diaryl/α,β-unsaturated/α-hetero) is 1. The van der Waals surface area contributed by atoms with E-state index in [1.807, 2.05) is 39.0 Å². The molecule has 4 heteroatoms. The minimum absolute atomic E-state index is 0.238. The molecule has 1 heterocycles. The summed E-state index contributed by atoms with van der Waals surface area (Å²) >= 11 is 0. The van der Waals surface area contributed by atoms with Crippen LogP contribution >= 0.6 is 0 Å². The van der Waals surface area contributed by atoms with E-state index in [0.29, 0.717) is 16.8 Å². The van der Waals surface area contributed by atoms with E-state index in [9.17, 15) is 14.7 Å². The molecule has 118 valence electrons. The highest BCUT2D eigenvalue weighted by atomic mass is 16.3. The molecule has 0 unspecified atom stereocenters. The molecule has 0 saturated carbocycles. The first kappa shape index (κ1) is 15.4. The van der Waals surface area contributed by atoms with E-state index in [-0.39, 0.29) is 12.2 Å². The summed E-state index contributed by atoms with van der Waals surface area (Å²) in [5, 5.41) is 13.6. The summed E-state index contributed by atoms with van der Waals surface area (Å²) in [4.78, 5) is 24.9. The molecule has 0 fully saturated rings. The Kier molecular flexibility index (Phi) is 3.57. The van der Waals surface area contributed by atoms with E-state index in [1.54, 1.807) is 18.2 Å². The number of ketones is 1. The van der Waals surface area contributed by atoms with E-state index in [1.165, 1.54) is 0 Å². The van der Waals surface area contributed by atoms with Crippen molar-refractivity contribution in [2.24, 2.45) is 0 Å².